The molecule has 8 nitrogen and oxygen atoms in total. The van der Waals surface area contributed by atoms with Crippen molar-refractivity contribution in [3.8, 4) is 28.7 Å². The van der Waals surface area contributed by atoms with Crippen LogP contribution >= 0.6 is 0 Å². The SMILES string of the molecule is CN=C(NCc1ccc(OC)c(OC)c1OC)Nc1ccc2c(c1)OCCCO2. The highest BCUT2D eigenvalue weighted by atomic mass is 16.5. The van der Waals surface area contributed by atoms with Gasteiger partial charge in [0.05, 0.1) is 34.5 Å². The highest BCUT2D eigenvalue weighted by Crippen LogP contribution is 2.39. The lowest BCUT2D eigenvalue weighted by atomic mass is 10.1. The molecule has 1 heterocycles. The van der Waals surface area contributed by atoms with Crippen molar-refractivity contribution in [2.45, 2.75) is 13.0 Å². The Hall–Kier alpha value is -3.29. The van der Waals surface area contributed by atoms with E-state index >= 15 is 0 Å². The molecule has 0 saturated carbocycles. The van der Waals surface area contributed by atoms with Crippen LogP contribution < -0.4 is 34.3 Å². The van der Waals surface area contributed by atoms with Gasteiger partial charge in [0.1, 0.15) is 0 Å². The van der Waals surface area contributed by atoms with E-state index in [9.17, 15) is 0 Å². The van der Waals surface area contributed by atoms with Crippen LogP contribution in [0.15, 0.2) is 35.3 Å². The summed E-state index contributed by atoms with van der Waals surface area (Å²) < 4.78 is 27.7. The first kappa shape index (κ1) is 20.4. The Morgan fingerprint density at radius 1 is 0.966 bits per heavy atom. The van der Waals surface area contributed by atoms with Gasteiger partial charge in [0.15, 0.2) is 29.0 Å². The topological polar surface area (TPSA) is 82.6 Å². The summed E-state index contributed by atoms with van der Waals surface area (Å²) in [7, 11) is 6.49. The quantitative estimate of drug-likeness (QED) is 0.569. The summed E-state index contributed by atoms with van der Waals surface area (Å²) in [6.07, 6.45) is 0.869. The third-order valence-electron chi connectivity index (χ3n) is 4.47. The largest absolute Gasteiger partial charge is 0.493 e. The second kappa shape index (κ2) is 9.77. The maximum absolute atomic E-state index is 5.74. The van der Waals surface area contributed by atoms with Gasteiger partial charge >= 0.3 is 0 Å². The van der Waals surface area contributed by atoms with Crippen LogP contribution in [0.4, 0.5) is 5.69 Å². The molecule has 0 amide bonds. The van der Waals surface area contributed by atoms with E-state index in [1.54, 1.807) is 28.4 Å². The fourth-order valence-electron chi connectivity index (χ4n) is 3.04. The lowest BCUT2D eigenvalue weighted by Gasteiger charge is -2.17. The summed E-state index contributed by atoms with van der Waals surface area (Å²) in [6.45, 7) is 1.78. The monoisotopic (exact) mass is 401 g/mol. The Morgan fingerprint density at radius 2 is 1.72 bits per heavy atom. The maximum atomic E-state index is 5.74. The first-order chi connectivity index (χ1) is 14.2. The minimum absolute atomic E-state index is 0.480. The maximum Gasteiger partial charge on any atom is 0.203 e. The van der Waals surface area contributed by atoms with Gasteiger partial charge in [-0.15, -0.1) is 0 Å². The first-order valence-corrected chi connectivity index (χ1v) is 9.35. The molecule has 0 spiro atoms. The van der Waals surface area contributed by atoms with Crippen molar-refractivity contribution in [1.29, 1.82) is 0 Å². The molecule has 2 N–H and O–H groups in total. The number of fused-ring (bicyclic) bond motifs is 1. The van der Waals surface area contributed by atoms with Gasteiger partial charge in [0.2, 0.25) is 5.75 Å². The summed E-state index contributed by atoms with van der Waals surface area (Å²) in [4.78, 5) is 4.29. The second-order valence-corrected chi connectivity index (χ2v) is 6.26. The number of hydrogen-bond acceptors (Lipinski definition) is 6. The molecule has 2 aromatic rings. The lowest BCUT2D eigenvalue weighted by Crippen LogP contribution is -2.30. The molecule has 1 aliphatic rings. The number of methoxy groups -OCH3 is 3. The van der Waals surface area contributed by atoms with Crippen LogP contribution in [0.25, 0.3) is 0 Å². The summed E-state index contributed by atoms with van der Waals surface area (Å²) in [5, 5.41) is 6.55. The van der Waals surface area contributed by atoms with Gasteiger partial charge in [-0.25, -0.2) is 0 Å². The molecule has 0 saturated heterocycles. The number of anilines is 1. The molecule has 0 aliphatic carbocycles. The zero-order valence-electron chi connectivity index (χ0n) is 17.2. The van der Waals surface area contributed by atoms with Gasteiger partial charge in [-0.3, -0.25) is 4.99 Å². The zero-order chi connectivity index (χ0) is 20.6. The van der Waals surface area contributed by atoms with Crippen LogP contribution in [-0.2, 0) is 6.54 Å². The molecule has 1 aliphatic heterocycles. The molecule has 0 unspecified atom stereocenters. The minimum Gasteiger partial charge on any atom is -0.493 e. The average Bonchev–Trinajstić information content (AvgIpc) is 3.00. The van der Waals surface area contributed by atoms with E-state index in [0.717, 1.165) is 29.2 Å². The van der Waals surface area contributed by atoms with Gasteiger partial charge < -0.3 is 34.3 Å². The van der Waals surface area contributed by atoms with Crippen molar-refractivity contribution in [2.24, 2.45) is 4.99 Å². The molecule has 29 heavy (non-hydrogen) atoms. The van der Waals surface area contributed by atoms with Crippen LogP contribution in [0.1, 0.15) is 12.0 Å². The fourth-order valence-corrected chi connectivity index (χ4v) is 3.04. The van der Waals surface area contributed by atoms with Gasteiger partial charge in [-0.1, -0.05) is 0 Å². The van der Waals surface area contributed by atoms with Crippen molar-refractivity contribution >= 4 is 11.6 Å². The predicted octanol–water partition coefficient (Wildman–Crippen LogP) is 3.06. The Morgan fingerprint density at radius 3 is 2.41 bits per heavy atom. The number of aliphatic imine (C=N–C) groups is 1. The van der Waals surface area contributed by atoms with E-state index < -0.39 is 0 Å². The molecule has 2 aromatic carbocycles. The van der Waals surface area contributed by atoms with Gasteiger partial charge in [0.25, 0.3) is 0 Å². The van der Waals surface area contributed by atoms with Crippen LogP contribution in [-0.4, -0.2) is 47.6 Å². The molecule has 0 radical (unpaired) electrons. The Labute approximate surface area is 170 Å². The van der Waals surface area contributed by atoms with Gasteiger partial charge in [0, 0.05) is 37.3 Å². The van der Waals surface area contributed by atoms with E-state index in [4.69, 9.17) is 23.7 Å². The molecular formula is C21H27N3O5. The third-order valence-corrected chi connectivity index (χ3v) is 4.47. The molecule has 0 aromatic heterocycles. The van der Waals surface area contributed by atoms with Crippen molar-refractivity contribution in [3.63, 3.8) is 0 Å². The predicted molar refractivity (Wildman–Crippen MR) is 112 cm³/mol. The molecule has 0 bridgehead atoms. The number of hydrogen-bond donors (Lipinski definition) is 2. The number of benzene rings is 2. The Bertz CT molecular complexity index is 870. The number of ether oxygens (including phenoxy) is 5. The summed E-state index contributed by atoms with van der Waals surface area (Å²) in [5.41, 5.74) is 1.76. The van der Waals surface area contributed by atoms with Gasteiger partial charge in [-0.05, 0) is 24.3 Å². The van der Waals surface area contributed by atoms with E-state index in [1.807, 2.05) is 30.3 Å². The van der Waals surface area contributed by atoms with Crippen molar-refractivity contribution in [1.82, 2.24) is 5.32 Å². The highest BCUT2D eigenvalue weighted by Gasteiger charge is 2.16. The van der Waals surface area contributed by atoms with Crippen LogP contribution in [0.3, 0.4) is 0 Å². The summed E-state index contributed by atoms with van der Waals surface area (Å²) in [5.74, 6) is 3.88. The Kier molecular flexibility index (Phi) is 6.89. The van der Waals surface area contributed by atoms with Crippen LogP contribution in [0, 0.1) is 0 Å². The van der Waals surface area contributed by atoms with E-state index in [1.165, 1.54) is 0 Å². The number of nitrogens with zero attached hydrogens (tertiary/aromatic N) is 1. The normalized spacial score (nSPS) is 13.3. The lowest BCUT2D eigenvalue weighted by molar-refractivity contribution is 0.297. The third kappa shape index (κ3) is 4.77. The summed E-state index contributed by atoms with van der Waals surface area (Å²) in [6, 6.07) is 9.50. The molecule has 3 rings (SSSR count). The van der Waals surface area contributed by atoms with Crippen molar-refractivity contribution < 1.29 is 23.7 Å². The number of nitrogens with one attached hydrogen (secondary N) is 2. The van der Waals surface area contributed by atoms with Crippen molar-refractivity contribution in [2.75, 3.05) is 46.9 Å². The first-order valence-electron chi connectivity index (χ1n) is 9.35. The van der Waals surface area contributed by atoms with Gasteiger partial charge in [-0.2, -0.15) is 0 Å². The fraction of sp³-hybridized carbons (Fsp3) is 0.381. The number of guanidine groups is 1. The number of rotatable bonds is 6. The van der Waals surface area contributed by atoms with E-state index in [0.29, 0.717) is 43.0 Å². The zero-order valence-corrected chi connectivity index (χ0v) is 17.2. The molecule has 8 heteroatoms. The van der Waals surface area contributed by atoms with Crippen molar-refractivity contribution in [3.05, 3.63) is 35.9 Å². The molecule has 0 atom stereocenters. The minimum atomic E-state index is 0.480. The Balaban J connectivity index is 1.71. The molecule has 0 fully saturated rings. The van der Waals surface area contributed by atoms with Crippen LogP contribution in [0.5, 0.6) is 28.7 Å². The molecular weight excluding hydrogens is 374 g/mol. The second-order valence-electron chi connectivity index (χ2n) is 6.26. The molecule has 156 valence electrons. The average molecular weight is 401 g/mol. The highest BCUT2D eigenvalue weighted by molar-refractivity contribution is 5.93. The smallest absolute Gasteiger partial charge is 0.203 e. The van der Waals surface area contributed by atoms with E-state index in [2.05, 4.69) is 15.6 Å². The summed E-state index contributed by atoms with van der Waals surface area (Å²) >= 11 is 0. The van der Waals surface area contributed by atoms with Crippen LogP contribution in [0.2, 0.25) is 0 Å². The standard InChI is InChI=1S/C21H27N3O5/c1-22-21(24-15-7-9-16-18(12-15)29-11-5-10-28-16)23-13-14-6-8-17(25-2)20(27-4)19(14)26-3/h6-9,12H,5,10-11,13H2,1-4H3,(H2,22,23,24). The van der Waals surface area contributed by atoms with E-state index in [-0.39, 0.29) is 0 Å².